The Balaban J connectivity index is 2.42. The third kappa shape index (κ3) is 9.91. The molecule has 0 radical (unpaired) electrons. The summed E-state index contributed by atoms with van der Waals surface area (Å²) in [6, 6.07) is 6.53. The summed E-state index contributed by atoms with van der Waals surface area (Å²) >= 11 is 0. The molecule has 2 atom stereocenters. The molecular weight excluding hydrogens is 352 g/mol. The fourth-order valence-corrected chi connectivity index (χ4v) is 3.08. The SMILES string of the molecule is CCCCCCC(C)OC(=O)c1ccc(C(=O)OC(C)CCCCCC)cc1. The summed E-state index contributed by atoms with van der Waals surface area (Å²) in [6.45, 7) is 8.21. The van der Waals surface area contributed by atoms with E-state index in [1.165, 1.54) is 38.5 Å². The van der Waals surface area contributed by atoms with Crippen molar-refractivity contribution >= 4 is 11.9 Å². The Morgan fingerprint density at radius 1 is 0.679 bits per heavy atom. The molecule has 0 bridgehead atoms. The fourth-order valence-electron chi connectivity index (χ4n) is 3.08. The Kier molecular flexibility index (Phi) is 12.3. The molecule has 0 aliphatic carbocycles. The Hall–Kier alpha value is -1.84. The first-order chi connectivity index (χ1) is 13.5. The van der Waals surface area contributed by atoms with Crippen LogP contribution < -0.4 is 0 Å². The zero-order valence-electron chi connectivity index (χ0n) is 18.2. The molecule has 158 valence electrons. The van der Waals surface area contributed by atoms with E-state index in [1.807, 2.05) is 13.8 Å². The van der Waals surface area contributed by atoms with Gasteiger partial charge in [-0.3, -0.25) is 0 Å². The number of carbonyl (C=O) groups is 2. The molecule has 0 N–H and O–H groups in total. The highest BCUT2D eigenvalue weighted by molar-refractivity contribution is 5.93. The number of esters is 2. The zero-order chi connectivity index (χ0) is 20.8. The molecule has 4 nitrogen and oxygen atoms in total. The van der Waals surface area contributed by atoms with Crippen molar-refractivity contribution in [2.24, 2.45) is 0 Å². The van der Waals surface area contributed by atoms with Crippen LogP contribution in [-0.4, -0.2) is 24.1 Å². The van der Waals surface area contributed by atoms with Crippen molar-refractivity contribution in [1.82, 2.24) is 0 Å². The molecule has 0 saturated carbocycles. The van der Waals surface area contributed by atoms with Crippen molar-refractivity contribution < 1.29 is 19.1 Å². The average molecular weight is 391 g/mol. The van der Waals surface area contributed by atoms with E-state index in [2.05, 4.69) is 13.8 Å². The molecular formula is C24H38O4. The molecule has 0 spiro atoms. The molecule has 0 aromatic heterocycles. The minimum absolute atomic E-state index is 0.0949. The van der Waals surface area contributed by atoms with E-state index in [0.717, 1.165) is 25.7 Å². The lowest BCUT2D eigenvalue weighted by atomic mass is 10.1. The van der Waals surface area contributed by atoms with Crippen LogP contribution >= 0.6 is 0 Å². The van der Waals surface area contributed by atoms with Gasteiger partial charge in [0.2, 0.25) is 0 Å². The second-order valence-electron chi connectivity index (χ2n) is 7.71. The fraction of sp³-hybridized carbons (Fsp3) is 0.667. The molecule has 28 heavy (non-hydrogen) atoms. The molecule has 0 fully saturated rings. The maximum atomic E-state index is 12.2. The van der Waals surface area contributed by atoms with Crippen LogP contribution in [0.15, 0.2) is 24.3 Å². The van der Waals surface area contributed by atoms with E-state index in [0.29, 0.717) is 11.1 Å². The topological polar surface area (TPSA) is 52.6 Å². The number of rotatable bonds is 14. The van der Waals surface area contributed by atoms with Crippen molar-refractivity contribution in [2.75, 3.05) is 0 Å². The van der Waals surface area contributed by atoms with Gasteiger partial charge in [0.25, 0.3) is 0 Å². The van der Waals surface area contributed by atoms with Gasteiger partial charge < -0.3 is 9.47 Å². The lowest BCUT2D eigenvalue weighted by molar-refractivity contribution is 0.0304. The molecule has 0 heterocycles. The van der Waals surface area contributed by atoms with Crippen LogP contribution in [0.3, 0.4) is 0 Å². The second kappa shape index (κ2) is 14.2. The van der Waals surface area contributed by atoms with Gasteiger partial charge >= 0.3 is 11.9 Å². The molecule has 1 aromatic carbocycles. The first-order valence-electron chi connectivity index (χ1n) is 11.0. The van der Waals surface area contributed by atoms with Gasteiger partial charge in [-0.05, 0) is 63.8 Å². The third-order valence-corrected chi connectivity index (χ3v) is 4.90. The normalized spacial score (nSPS) is 13.0. The maximum absolute atomic E-state index is 12.2. The Labute approximate surface area is 171 Å². The Morgan fingerprint density at radius 3 is 1.36 bits per heavy atom. The maximum Gasteiger partial charge on any atom is 0.338 e. The van der Waals surface area contributed by atoms with Gasteiger partial charge in [-0.15, -0.1) is 0 Å². The van der Waals surface area contributed by atoms with Crippen molar-refractivity contribution in [3.8, 4) is 0 Å². The number of hydrogen-bond acceptors (Lipinski definition) is 4. The van der Waals surface area contributed by atoms with Crippen LogP contribution in [0, 0.1) is 0 Å². The third-order valence-electron chi connectivity index (χ3n) is 4.90. The largest absolute Gasteiger partial charge is 0.459 e. The van der Waals surface area contributed by atoms with Gasteiger partial charge in [0.1, 0.15) is 0 Å². The van der Waals surface area contributed by atoms with E-state index in [9.17, 15) is 9.59 Å². The highest BCUT2D eigenvalue weighted by Gasteiger charge is 2.15. The van der Waals surface area contributed by atoms with Crippen LogP contribution in [0.2, 0.25) is 0 Å². The van der Waals surface area contributed by atoms with E-state index < -0.39 is 0 Å². The quantitative estimate of drug-likeness (QED) is 0.261. The summed E-state index contributed by atoms with van der Waals surface area (Å²) in [5.74, 6) is -0.681. The second-order valence-corrected chi connectivity index (χ2v) is 7.71. The van der Waals surface area contributed by atoms with E-state index >= 15 is 0 Å². The van der Waals surface area contributed by atoms with Gasteiger partial charge in [-0.1, -0.05) is 52.4 Å². The van der Waals surface area contributed by atoms with Gasteiger partial charge in [-0.2, -0.15) is 0 Å². The monoisotopic (exact) mass is 390 g/mol. The summed E-state index contributed by atoms with van der Waals surface area (Å²) in [4.78, 5) is 24.5. The van der Waals surface area contributed by atoms with Crippen molar-refractivity contribution in [2.45, 2.75) is 104 Å². The summed E-state index contributed by atoms with van der Waals surface area (Å²) in [7, 11) is 0. The van der Waals surface area contributed by atoms with Gasteiger partial charge in [0.05, 0.1) is 23.3 Å². The average Bonchev–Trinajstić information content (AvgIpc) is 2.68. The van der Waals surface area contributed by atoms with Crippen LogP contribution in [0.1, 0.15) is 113 Å². The van der Waals surface area contributed by atoms with Crippen molar-refractivity contribution in [3.63, 3.8) is 0 Å². The van der Waals surface area contributed by atoms with E-state index in [-0.39, 0.29) is 24.1 Å². The minimum atomic E-state index is -0.341. The smallest absolute Gasteiger partial charge is 0.338 e. The van der Waals surface area contributed by atoms with Crippen LogP contribution in [0.4, 0.5) is 0 Å². The molecule has 0 amide bonds. The van der Waals surface area contributed by atoms with E-state index in [1.54, 1.807) is 24.3 Å². The van der Waals surface area contributed by atoms with Crippen molar-refractivity contribution in [3.05, 3.63) is 35.4 Å². The highest BCUT2D eigenvalue weighted by Crippen LogP contribution is 2.14. The Morgan fingerprint density at radius 2 is 1.04 bits per heavy atom. The molecule has 1 rings (SSSR count). The lowest BCUT2D eigenvalue weighted by Gasteiger charge is -2.14. The first kappa shape index (κ1) is 24.2. The number of carbonyl (C=O) groups excluding carboxylic acids is 2. The molecule has 0 aliphatic rings. The minimum Gasteiger partial charge on any atom is -0.459 e. The standard InChI is InChI=1S/C24H38O4/c1-5-7-9-11-13-19(3)27-23(25)21-15-17-22(18-16-21)24(26)28-20(4)14-12-10-8-6-2/h15-20H,5-14H2,1-4H3. The van der Waals surface area contributed by atoms with E-state index in [4.69, 9.17) is 9.47 Å². The molecule has 0 aliphatic heterocycles. The summed E-state index contributed by atoms with van der Waals surface area (Å²) in [6.07, 6.45) is 10.9. The summed E-state index contributed by atoms with van der Waals surface area (Å²) in [5.41, 5.74) is 0.925. The number of ether oxygens (including phenoxy) is 2. The van der Waals surface area contributed by atoms with Crippen LogP contribution in [-0.2, 0) is 9.47 Å². The van der Waals surface area contributed by atoms with Crippen LogP contribution in [0.5, 0.6) is 0 Å². The first-order valence-corrected chi connectivity index (χ1v) is 11.0. The lowest BCUT2D eigenvalue weighted by Crippen LogP contribution is -2.16. The van der Waals surface area contributed by atoms with Gasteiger partial charge in [0, 0.05) is 0 Å². The zero-order valence-corrected chi connectivity index (χ0v) is 18.2. The number of benzene rings is 1. The van der Waals surface area contributed by atoms with Gasteiger partial charge in [0.15, 0.2) is 0 Å². The van der Waals surface area contributed by atoms with Crippen molar-refractivity contribution in [1.29, 1.82) is 0 Å². The van der Waals surface area contributed by atoms with Gasteiger partial charge in [-0.25, -0.2) is 9.59 Å². The molecule has 4 heteroatoms. The number of unbranched alkanes of at least 4 members (excludes halogenated alkanes) is 6. The molecule has 1 aromatic rings. The highest BCUT2D eigenvalue weighted by atomic mass is 16.5. The predicted molar refractivity (Wildman–Crippen MR) is 114 cm³/mol. The molecule has 2 unspecified atom stereocenters. The Bertz CT molecular complexity index is 513. The van der Waals surface area contributed by atoms with Crippen LogP contribution in [0.25, 0.3) is 0 Å². The number of hydrogen-bond donors (Lipinski definition) is 0. The summed E-state index contributed by atoms with van der Waals surface area (Å²) < 4.78 is 11.0. The summed E-state index contributed by atoms with van der Waals surface area (Å²) in [5, 5.41) is 0. The molecule has 0 saturated heterocycles. The predicted octanol–water partition coefficient (Wildman–Crippen LogP) is 6.72.